The molecule has 3 rings (SSSR count). The van der Waals surface area contributed by atoms with Gasteiger partial charge in [0.2, 0.25) is 5.91 Å². The number of aliphatic hydroxyl groups is 1. The number of benzene rings is 2. The molecule has 39 heavy (non-hydrogen) atoms. The number of halogens is 4. The SMILES string of the molecule is CCOc1cc(=O)[nH]cc1-c1ccc(CC(=O)Nc2cc(C(O)NCCN(C)C)cc(C(F)(F)F)c2)c(F)c1. The molecule has 210 valence electrons. The van der Waals surface area contributed by atoms with Crippen LogP contribution in [-0.4, -0.2) is 54.7 Å². The quantitative estimate of drug-likeness (QED) is 0.213. The van der Waals surface area contributed by atoms with Crippen LogP contribution in [0.4, 0.5) is 23.2 Å². The van der Waals surface area contributed by atoms with Crippen LogP contribution in [0.2, 0.25) is 0 Å². The van der Waals surface area contributed by atoms with Gasteiger partial charge >= 0.3 is 6.18 Å². The van der Waals surface area contributed by atoms with Crippen molar-refractivity contribution in [1.29, 1.82) is 0 Å². The largest absolute Gasteiger partial charge is 0.493 e. The van der Waals surface area contributed by atoms with Crippen molar-refractivity contribution in [3.63, 3.8) is 0 Å². The van der Waals surface area contributed by atoms with E-state index in [1.165, 1.54) is 30.5 Å². The van der Waals surface area contributed by atoms with Gasteiger partial charge in [-0.25, -0.2) is 4.39 Å². The van der Waals surface area contributed by atoms with E-state index in [-0.39, 0.29) is 34.7 Å². The Labute approximate surface area is 222 Å². The molecule has 2 aromatic carbocycles. The number of hydrogen-bond donors (Lipinski definition) is 4. The summed E-state index contributed by atoms with van der Waals surface area (Å²) < 4.78 is 60.8. The molecule has 0 fully saturated rings. The number of H-pyrrole nitrogens is 1. The third-order valence-electron chi connectivity index (χ3n) is 5.68. The lowest BCUT2D eigenvalue weighted by Gasteiger charge is -2.18. The first-order valence-corrected chi connectivity index (χ1v) is 12.1. The van der Waals surface area contributed by atoms with Gasteiger partial charge in [0.25, 0.3) is 5.56 Å². The summed E-state index contributed by atoms with van der Waals surface area (Å²) in [6.45, 7) is 2.88. The van der Waals surface area contributed by atoms with Gasteiger partial charge in [0.1, 0.15) is 17.8 Å². The number of aromatic nitrogens is 1. The highest BCUT2D eigenvalue weighted by atomic mass is 19.4. The number of ether oxygens (including phenoxy) is 1. The van der Waals surface area contributed by atoms with Gasteiger partial charge < -0.3 is 25.0 Å². The van der Waals surface area contributed by atoms with Crippen molar-refractivity contribution in [2.45, 2.75) is 25.7 Å². The van der Waals surface area contributed by atoms with E-state index in [4.69, 9.17) is 4.74 Å². The van der Waals surface area contributed by atoms with Gasteiger partial charge in [0.15, 0.2) is 0 Å². The molecular formula is C27H30F4N4O4. The Morgan fingerprint density at radius 1 is 1.15 bits per heavy atom. The molecule has 12 heteroatoms. The first-order chi connectivity index (χ1) is 18.4. The molecule has 0 bridgehead atoms. The van der Waals surface area contributed by atoms with E-state index in [9.17, 15) is 32.3 Å². The van der Waals surface area contributed by atoms with Crippen molar-refractivity contribution >= 4 is 11.6 Å². The lowest BCUT2D eigenvalue weighted by Crippen LogP contribution is -2.30. The van der Waals surface area contributed by atoms with Crippen LogP contribution in [0.25, 0.3) is 11.1 Å². The third-order valence-corrected chi connectivity index (χ3v) is 5.68. The molecule has 0 radical (unpaired) electrons. The summed E-state index contributed by atoms with van der Waals surface area (Å²) in [5.41, 5.74) is -0.854. The molecule has 4 N–H and O–H groups in total. The molecule has 0 aliphatic heterocycles. The molecule has 0 spiro atoms. The highest BCUT2D eigenvalue weighted by molar-refractivity contribution is 5.92. The van der Waals surface area contributed by atoms with E-state index >= 15 is 0 Å². The van der Waals surface area contributed by atoms with E-state index in [1.54, 1.807) is 13.0 Å². The topological polar surface area (TPSA) is 107 Å². The number of nitrogens with zero attached hydrogens (tertiary/aromatic N) is 1. The third kappa shape index (κ3) is 8.37. The van der Waals surface area contributed by atoms with Gasteiger partial charge in [-0.1, -0.05) is 12.1 Å². The molecule has 3 aromatic rings. The fraction of sp³-hybridized carbons (Fsp3) is 0.333. The number of aliphatic hydroxyl groups excluding tert-OH is 1. The lowest BCUT2D eigenvalue weighted by molar-refractivity contribution is -0.137. The number of hydrogen-bond acceptors (Lipinski definition) is 6. The minimum absolute atomic E-state index is 0.0104. The van der Waals surface area contributed by atoms with Crippen LogP contribution in [0.3, 0.4) is 0 Å². The monoisotopic (exact) mass is 550 g/mol. The number of anilines is 1. The van der Waals surface area contributed by atoms with E-state index in [0.717, 1.165) is 12.1 Å². The van der Waals surface area contributed by atoms with Gasteiger partial charge in [-0.15, -0.1) is 0 Å². The molecule has 1 atom stereocenters. The summed E-state index contributed by atoms with van der Waals surface area (Å²) in [5, 5.41) is 15.4. The number of carbonyl (C=O) groups is 1. The first-order valence-electron chi connectivity index (χ1n) is 12.1. The first kappa shape index (κ1) is 29.8. The Balaban J connectivity index is 1.79. The summed E-state index contributed by atoms with van der Waals surface area (Å²) in [5.74, 6) is -1.20. The maximum absolute atomic E-state index is 14.9. The molecule has 1 aromatic heterocycles. The number of pyridine rings is 1. The van der Waals surface area contributed by atoms with E-state index in [0.29, 0.717) is 24.2 Å². The van der Waals surface area contributed by atoms with E-state index in [2.05, 4.69) is 15.6 Å². The van der Waals surface area contributed by atoms with Gasteiger partial charge in [-0.2, -0.15) is 13.2 Å². The van der Waals surface area contributed by atoms with Crippen LogP contribution in [0.5, 0.6) is 5.75 Å². The van der Waals surface area contributed by atoms with Crippen LogP contribution >= 0.6 is 0 Å². The predicted molar refractivity (Wildman–Crippen MR) is 139 cm³/mol. The predicted octanol–water partition coefficient (Wildman–Crippen LogP) is 3.92. The van der Waals surface area contributed by atoms with Crippen molar-refractivity contribution in [2.75, 3.05) is 39.1 Å². The van der Waals surface area contributed by atoms with Gasteiger partial charge in [-0.05, 0) is 62.0 Å². The number of carbonyl (C=O) groups excluding carboxylic acids is 1. The number of aromatic amines is 1. The number of alkyl halides is 3. The second-order valence-corrected chi connectivity index (χ2v) is 9.04. The molecule has 8 nitrogen and oxygen atoms in total. The van der Waals surface area contributed by atoms with Gasteiger partial charge in [0.05, 0.1) is 18.6 Å². The normalized spacial score (nSPS) is 12.4. The van der Waals surface area contributed by atoms with E-state index in [1.807, 2.05) is 19.0 Å². The van der Waals surface area contributed by atoms with Crippen molar-refractivity contribution in [2.24, 2.45) is 0 Å². The molecule has 0 saturated heterocycles. The molecule has 1 unspecified atom stereocenters. The highest BCUT2D eigenvalue weighted by Gasteiger charge is 2.32. The summed E-state index contributed by atoms with van der Waals surface area (Å²) in [4.78, 5) is 28.6. The fourth-order valence-corrected chi connectivity index (χ4v) is 3.78. The molecule has 1 amide bonds. The van der Waals surface area contributed by atoms with Gasteiger partial charge in [0, 0.05) is 36.6 Å². The zero-order valence-corrected chi connectivity index (χ0v) is 21.7. The summed E-state index contributed by atoms with van der Waals surface area (Å²) in [7, 11) is 3.62. The Morgan fingerprint density at radius 2 is 1.90 bits per heavy atom. The van der Waals surface area contributed by atoms with E-state index < -0.39 is 36.1 Å². The maximum atomic E-state index is 14.9. The average molecular weight is 551 g/mol. The van der Waals surface area contributed by atoms with Crippen molar-refractivity contribution in [3.8, 4) is 16.9 Å². The zero-order valence-electron chi connectivity index (χ0n) is 21.7. The Morgan fingerprint density at radius 3 is 2.54 bits per heavy atom. The second kappa shape index (κ2) is 12.9. The summed E-state index contributed by atoms with van der Waals surface area (Å²) in [6.07, 6.45) is -5.18. The lowest BCUT2D eigenvalue weighted by atomic mass is 10.0. The van der Waals surface area contributed by atoms with Crippen molar-refractivity contribution < 1.29 is 32.2 Å². The summed E-state index contributed by atoms with van der Waals surface area (Å²) >= 11 is 0. The van der Waals surface area contributed by atoms with Crippen LogP contribution in [0.1, 0.15) is 29.8 Å². The minimum Gasteiger partial charge on any atom is -0.493 e. The standard InChI is InChI=1S/C27H30F4N4O4/c1-4-39-23-14-24(36)33-15-21(23)16-5-6-17(22(28)11-16)12-25(37)34-20-10-18(9-19(13-20)27(29,30)31)26(38)32-7-8-35(2)3/h5-6,9-11,13-15,26,32,38H,4,7-8,12H2,1-3H3,(H,33,36)(H,34,37). The fourth-order valence-electron chi connectivity index (χ4n) is 3.78. The Bertz CT molecular complexity index is 1360. The molecule has 0 saturated carbocycles. The van der Waals surface area contributed by atoms with Crippen LogP contribution in [0.15, 0.2) is 53.5 Å². The highest BCUT2D eigenvalue weighted by Crippen LogP contribution is 2.33. The zero-order chi connectivity index (χ0) is 28.7. The Kier molecular flexibility index (Phi) is 9.84. The summed E-state index contributed by atoms with van der Waals surface area (Å²) in [6, 6.07) is 8.12. The number of likely N-dealkylation sites (N-methyl/N-ethyl adjacent to an activating group) is 1. The molecule has 0 aliphatic rings. The average Bonchev–Trinajstić information content (AvgIpc) is 2.84. The number of amides is 1. The van der Waals surface area contributed by atoms with Gasteiger partial charge in [-0.3, -0.25) is 14.9 Å². The van der Waals surface area contributed by atoms with Crippen LogP contribution in [-0.2, 0) is 17.4 Å². The maximum Gasteiger partial charge on any atom is 0.416 e. The Hall–Kier alpha value is -3.74. The van der Waals surface area contributed by atoms with Crippen LogP contribution in [0, 0.1) is 5.82 Å². The van der Waals surface area contributed by atoms with Crippen molar-refractivity contribution in [1.82, 2.24) is 15.2 Å². The number of nitrogens with one attached hydrogen (secondary N) is 3. The number of rotatable bonds is 11. The van der Waals surface area contributed by atoms with Crippen molar-refractivity contribution in [3.05, 3.63) is 81.5 Å². The molecule has 1 heterocycles. The molecule has 0 aliphatic carbocycles. The molecular weight excluding hydrogens is 520 g/mol. The minimum atomic E-state index is -4.72. The smallest absolute Gasteiger partial charge is 0.416 e. The van der Waals surface area contributed by atoms with Crippen LogP contribution < -0.4 is 20.9 Å². The second-order valence-electron chi connectivity index (χ2n) is 9.04.